The van der Waals surface area contributed by atoms with Gasteiger partial charge in [0, 0.05) is 11.8 Å². The van der Waals surface area contributed by atoms with Gasteiger partial charge in [0.05, 0.1) is 37.6 Å². The summed E-state index contributed by atoms with van der Waals surface area (Å²) in [4.78, 5) is 27.9. The van der Waals surface area contributed by atoms with Crippen LogP contribution in [0.3, 0.4) is 0 Å². The Hall–Kier alpha value is -3.35. The summed E-state index contributed by atoms with van der Waals surface area (Å²) in [5, 5.41) is 10.2. The molecule has 7 heteroatoms. The first-order valence-corrected chi connectivity index (χ1v) is 7.81. The Balaban J connectivity index is 2.46. The maximum atomic E-state index is 11.9. The summed E-state index contributed by atoms with van der Waals surface area (Å²) in [6, 6.07) is 9.28. The monoisotopic (exact) mass is 357 g/mol. The maximum Gasteiger partial charge on any atom is 0.340 e. The highest BCUT2D eigenvalue weighted by atomic mass is 16.5. The average molecular weight is 357 g/mol. The predicted molar refractivity (Wildman–Crippen MR) is 95.7 cm³/mol. The van der Waals surface area contributed by atoms with Gasteiger partial charge in [0.1, 0.15) is 0 Å². The van der Waals surface area contributed by atoms with Crippen molar-refractivity contribution in [2.24, 2.45) is 4.99 Å². The van der Waals surface area contributed by atoms with Gasteiger partial charge in [-0.1, -0.05) is 6.07 Å². The average Bonchev–Trinajstić information content (AvgIpc) is 2.67. The van der Waals surface area contributed by atoms with Crippen LogP contribution in [0.15, 0.2) is 41.4 Å². The summed E-state index contributed by atoms with van der Waals surface area (Å²) in [7, 11) is 2.51. The molecular formula is C19H19NO6. The standard InChI is InChI=1S/C19H19NO6/c1-4-26-16-7-5-6-13(17(16)21)11-20-15-10-12(18(22)24-2)8-9-14(15)19(23)25-3/h5-11,21H,4H2,1-3H3. The van der Waals surface area contributed by atoms with Gasteiger partial charge in [0.15, 0.2) is 11.5 Å². The molecule has 1 N–H and O–H groups in total. The Morgan fingerprint density at radius 2 is 1.85 bits per heavy atom. The number of aromatic hydroxyl groups is 1. The fourth-order valence-electron chi connectivity index (χ4n) is 2.22. The van der Waals surface area contributed by atoms with Gasteiger partial charge in [-0.15, -0.1) is 0 Å². The van der Waals surface area contributed by atoms with E-state index in [0.717, 1.165) is 0 Å². The highest BCUT2D eigenvalue weighted by molar-refractivity contribution is 5.99. The first-order chi connectivity index (χ1) is 12.5. The largest absolute Gasteiger partial charge is 0.504 e. The zero-order valence-corrected chi connectivity index (χ0v) is 14.7. The Labute approximate surface area is 150 Å². The van der Waals surface area contributed by atoms with Gasteiger partial charge in [-0.2, -0.15) is 0 Å². The lowest BCUT2D eigenvalue weighted by atomic mass is 10.1. The second-order valence-electron chi connectivity index (χ2n) is 5.10. The molecule has 0 radical (unpaired) electrons. The molecule has 0 spiro atoms. The zero-order chi connectivity index (χ0) is 19.1. The van der Waals surface area contributed by atoms with Gasteiger partial charge < -0.3 is 19.3 Å². The molecule has 0 heterocycles. The topological polar surface area (TPSA) is 94.4 Å². The van der Waals surface area contributed by atoms with E-state index in [2.05, 4.69) is 9.73 Å². The van der Waals surface area contributed by atoms with Crippen molar-refractivity contribution in [3.8, 4) is 11.5 Å². The van der Waals surface area contributed by atoms with E-state index in [0.29, 0.717) is 17.9 Å². The fraction of sp³-hybridized carbons (Fsp3) is 0.211. The van der Waals surface area contributed by atoms with E-state index in [1.54, 1.807) is 25.1 Å². The molecule has 0 atom stereocenters. The molecule has 2 aromatic carbocycles. The van der Waals surface area contributed by atoms with Crippen molar-refractivity contribution in [3.63, 3.8) is 0 Å². The van der Waals surface area contributed by atoms with Crippen LogP contribution in [0, 0.1) is 0 Å². The number of aliphatic imine (C=N–C) groups is 1. The third-order valence-corrected chi connectivity index (χ3v) is 3.50. The number of carbonyl (C=O) groups is 2. The van der Waals surface area contributed by atoms with Gasteiger partial charge in [-0.3, -0.25) is 4.99 Å². The second-order valence-corrected chi connectivity index (χ2v) is 5.10. The van der Waals surface area contributed by atoms with Crippen molar-refractivity contribution in [2.45, 2.75) is 6.92 Å². The summed E-state index contributed by atoms with van der Waals surface area (Å²) in [6.45, 7) is 2.21. The molecule has 2 rings (SSSR count). The quantitative estimate of drug-likeness (QED) is 0.630. The van der Waals surface area contributed by atoms with Crippen molar-refractivity contribution >= 4 is 23.8 Å². The molecule has 26 heavy (non-hydrogen) atoms. The first-order valence-electron chi connectivity index (χ1n) is 7.81. The van der Waals surface area contributed by atoms with Crippen LogP contribution < -0.4 is 4.74 Å². The number of esters is 2. The van der Waals surface area contributed by atoms with Crippen LogP contribution in [0.1, 0.15) is 33.2 Å². The maximum absolute atomic E-state index is 11.9. The third kappa shape index (κ3) is 4.18. The van der Waals surface area contributed by atoms with Crippen LogP contribution in [-0.2, 0) is 9.47 Å². The number of benzene rings is 2. The fourth-order valence-corrected chi connectivity index (χ4v) is 2.22. The number of nitrogens with zero attached hydrogens (tertiary/aromatic N) is 1. The number of phenols is 1. The summed E-state index contributed by atoms with van der Waals surface area (Å²) in [6.07, 6.45) is 1.38. The van der Waals surface area contributed by atoms with Gasteiger partial charge >= 0.3 is 11.9 Å². The molecule has 0 aliphatic heterocycles. The summed E-state index contributed by atoms with van der Waals surface area (Å²) in [5.41, 5.74) is 1.02. The van der Waals surface area contributed by atoms with E-state index in [4.69, 9.17) is 9.47 Å². The SMILES string of the molecule is CCOc1cccc(C=Nc2cc(C(=O)OC)ccc2C(=O)OC)c1O. The Morgan fingerprint density at radius 1 is 1.12 bits per heavy atom. The van der Waals surface area contributed by atoms with Crippen LogP contribution in [-0.4, -0.2) is 44.1 Å². The van der Waals surface area contributed by atoms with Gasteiger partial charge in [-0.05, 0) is 37.3 Å². The summed E-state index contributed by atoms with van der Waals surface area (Å²) >= 11 is 0. The Kier molecular flexibility index (Phi) is 6.32. The lowest BCUT2D eigenvalue weighted by Crippen LogP contribution is -2.05. The minimum atomic E-state index is -0.596. The smallest absolute Gasteiger partial charge is 0.340 e. The number of ether oxygens (including phenoxy) is 3. The number of hydrogen-bond donors (Lipinski definition) is 1. The number of phenolic OH excluding ortho intramolecular Hbond substituents is 1. The summed E-state index contributed by atoms with van der Waals surface area (Å²) < 4.78 is 14.7. The van der Waals surface area contributed by atoms with E-state index in [1.165, 1.54) is 38.6 Å². The lowest BCUT2D eigenvalue weighted by Gasteiger charge is -2.08. The number of hydrogen-bond acceptors (Lipinski definition) is 7. The van der Waals surface area contributed by atoms with Crippen molar-refractivity contribution in [1.29, 1.82) is 0 Å². The van der Waals surface area contributed by atoms with E-state index < -0.39 is 11.9 Å². The molecule has 0 aromatic heterocycles. The summed E-state index contributed by atoms with van der Waals surface area (Å²) in [5.74, 6) is -0.894. The van der Waals surface area contributed by atoms with Crippen molar-refractivity contribution < 1.29 is 28.9 Å². The molecule has 7 nitrogen and oxygen atoms in total. The molecule has 0 saturated carbocycles. The van der Waals surface area contributed by atoms with E-state index in [9.17, 15) is 14.7 Å². The van der Waals surface area contributed by atoms with Crippen molar-refractivity contribution in [3.05, 3.63) is 53.1 Å². The highest BCUT2D eigenvalue weighted by Crippen LogP contribution is 2.29. The Morgan fingerprint density at radius 3 is 2.50 bits per heavy atom. The number of para-hydroxylation sites is 1. The minimum Gasteiger partial charge on any atom is -0.504 e. The van der Waals surface area contributed by atoms with E-state index in [1.807, 2.05) is 0 Å². The molecule has 0 aliphatic carbocycles. The molecule has 0 unspecified atom stereocenters. The molecule has 0 amide bonds. The molecule has 0 aliphatic rings. The van der Waals surface area contributed by atoms with Gasteiger partial charge in [-0.25, -0.2) is 9.59 Å². The molecule has 2 aromatic rings. The van der Waals surface area contributed by atoms with Gasteiger partial charge in [0.25, 0.3) is 0 Å². The van der Waals surface area contributed by atoms with Crippen LogP contribution in [0.2, 0.25) is 0 Å². The molecule has 0 saturated heterocycles. The number of carbonyl (C=O) groups excluding carboxylic acids is 2. The van der Waals surface area contributed by atoms with Crippen LogP contribution >= 0.6 is 0 Å². The van der Waals surface area contributed by atoms with E-state index in [-0.39, 0.29) is 22.6 Å². The highest BCUT2D eigenvalue weighted by Gasteiger charge is 2.15. The number of methoxy groups -OCH3 is 2. The molecular weight excluding hydrogens is 338 g/mol. The zero-order valence-electron chi connectivity index (χ0n) is 14.7. The van der Waals surface area contributed by atoms with Crippen molar-refractivity contribution in [1.82, 2.24) is 0 Å². The Bertz CT molecular complexity index is 844. The predicted octanol–water partition coefficient (Wildman–Crippen LogP) is 3.11. The lowest BCUT2D eigenvalue weighted by molar-refractivity contribution is 0.0587. The second kappa shape index (κ2) is 8.66. The van der Waals surface area contributed by atoms with E-state index >= 15 is 0 Å². The molecule has 136 valence electrons. The third-order valence-electron chi connectivity index (χ3n) is 3.50. The molecule has 0 fully saturated rings. The first kappa shape index (κ1) is 19.0. The number of rotatable bonds is 6. The minimum absolute atomic E-state index is 0.0677. The normalized spacial score (nSPS) is 10.6. The van der Waals surface area contributed by atoms with Crippen LogP contribution in [0.25, 0.3) is 0 Å². The van der Waals surface area contributed by atoms with Gasteiger partial charge in [0.2, 0.25) is 0 Å². The van der Waals surface area contributed by atoms with Crippen molar-refractivity contribution in [2.75, 3.05) is 20.8 Å². The van der Waals surface area contributed by atoms with Crippen LogP contribution in [0.4, 0.5) is 5.69 Å². The molecule has 0 bridgehead atoms. The van der Waals surface area contributed by atoms with Crippen LogP contribution in [0.5, 0.6) is 11.5 Å².